The number of primary amides is 1. The Morgan fingerprint density at radius 1 is 1.50 bits per heavy atom. The van der Waals surface area contributed by atoms with Gasteiger partial charge in [-0.25, -0.2) is 15.0 Å². The molecule has 1 aliphatic rings. The van der Waals surface area contributed by atoms with Gasteiger partial charge in [0.2, 0.25) is 11.9 Å². The van der Waals surface area contributed by atoms with E-state index in [-0.39, 0.29) is 0 Å². The van der Waals surface area contributed by atoms with Gasteiger partial charge in [-0.15, -0.1) is 0 Å². The Bertz CT molecular complexity index is 564. The van der Waals surface area contributed by atoms with E-state index in [0.29, 0.717) is 17.2 Å². The molecule has 0 radical (unpaired) electrons. The molecule has 0 spiro atoms. The number of nitrogens with zero attached hydrogens (tertiary/aromatic N) is 3. The van der Waals surface area contributed by atoms with E-state index in [2.05, 4.69) is 20.3 Å². The number of aliphatic imine (C=N–C) groups is 1. The quantitative estimate of drug-likeness (QED) is 0.705. The zero-order valence-electron chi connectivity index (χ0n) is 9.62. The fourth-order valence-corrected chi connectivity index (χ4v) is 1.50. The highest BCUT2D eigenvalue weighted by atomic mass is 16.2. The third-order valence-corrected chi connectivity index (χ3v) is 2.42. The number of nitrogens with one attached hydrogen (secondary N) is 1. The number of carbonyl (C=O) groups excluding carboxylic acids is 2. The van der Waals surface area contributed by atoms with Crippen LogP contribution in [0, 0.1) is 5.92 Å². The summed E-state index contributed by atoms with van der Waals surface area (Å²) >= 11 is 0. The molecule has 0 saturated heterocycles. The lowest BCUT2D eigenvalue weighted by Crippen LogP contribution is -2.29. The first-order valence-corrected chi connectivity index (χ1v) is 5.22. The van der Waals surface area contributed by atoms with Crippen LogP contribution in [0.1, 0.15) is 5.69 Å². The van der Waals surface area contributed by atoms with E-state index in [1.807, 2.05) is 0 Å². The smallest absolute Gasteiger partial charge is 0.262 e. The molecular weight excluding hydrogens is 234 g/mol. The average molecular weight is 245 g/mol. The summed E-state index contributed by atoms with van der Waals surface area (Å²) < 4.78 is 0. The molecule has 7 nitrogen and oxygen atoms in total. The topological polar surface area (TPSA) is 110 Å². The van der Waals surface area contributed by atoms with E-state index in [9.17, 15) is 9.59 Å². The third kappa shape index (κ3) is 2.24. The zero-order valence-corrected chi connectivity index (χ0v) is 9.62. The minimum absolute atomic E-state index is 0.439. The molecule has 2 rings (SSSR count). The molecule has 1 atom stereocenters. The molecular formula is C11H11N5O2. The first kappa shape index (κ1) is 11.9. The lowest BCUT2D eigenvalue weighted by molar-refractivity contribution is -0.129. The van der Waals surface area contributed by atoms with E-state index in [4.69, 9.17) is 5.73 Å². The Morgan fingerprint density at radius 2 is 2.28 bits per heavy atom. The molecule has 0 saturated carbocycles. The second-order valence-corrected chi connectivity index (χ2v) is 3.61. The monoisotopic (exact) mass is 245 g/mol. The molecule has 1 unspecified atom stereocenters. The zero-order chi connectivity index (χ0) is 13.1. The first-order valence-electron chi connectivity index (χ1n) is 5.22. The van der Waals surface area contributed by atoms with Crippen LogP contribution in [0.5, 0.6) is 0 Å². The van der Waals surface area contributed by atoms with Crippen LogP contribution in [0.3, 0.4) is 0 Å². The van der Waals surface area contributed by atoms with E-state index >= 15 is 0 Å². The van der Waals surface area contributed by atoms with Crippen molar-refractivity contribution in [3.63, 3.8) is 0 Å². The van der Waals surface area contributed by atoms with Gasteiger partial charge < -0.3 is 11.1 Å². The minimum Gasteiger partial charge on any atom is -0.369 e. The average Bonchev–Trinajstić information content (AvgIpc) is 2.39. The van der Waals surface area contributed by atoms with Crippen LogP contribution in [-0.2, 0) is 9.59 Å². The normalized spacial score (nSPS) is 18.4. The molecule has 2 heterocycles. The minimum atomic E-state index is -1.03. The number of aromatic nitrogens is 2. The highest BCUT2D eigenvalue weighted by Crippen LogP contribution is 2.18. The maximum Gasteiger partial charge on any atom is 0.262 e. The van der Waals surface area contributed by atoms with Gasteiger partial charge in [0.15, 0.2) is 0 Å². The van der Waals surface area contributed by atoms with E-state index in [1.54, 1.807) is 19.3 Å². The molecule has 7 heteroatoms. The number of dihydropyridines is 1. The summed E-state index contributed by atoms with van der Waals surface area (Å²) in [6.45, 7) is 0. The second-order valence-electron chi connectivity index (χ2n) is 3.61. The van der Waals surface area contributed by atoms with Crippen LogP contribution in [0.4, 0.5) is 5.95 Å². The van der Waals surface area contributed by atoms with Gasteiger partial charge in [0.05, 0.1) is 5.69 Å². The summed E-state index contributed by atoms with van der Waals surface area (Å²) in [7, 11) is 1.69. The van der Waals surface area contributed by atoms with Gasteiger partial charge in [-0.2, -0.15) is 0 Å². The van der Waals surface area contributed by atoms with Crippen molar-refractivity contribution < 1.29 is 9.59 Å². The first-order chi connectivity index (χ1) is 8.61. The van der Waals surface area contributed by atoms with Crippen molar-refractivity contribution in [2.24, 2.45) is 16.6 Å². The summed E-state index contributed by atoms with van der Waals surface area (Å²) in [6.07, 6.45) is 4.39. The van der Waals surface area contributed by atoms with Crippen molar-refractivity contribution >= 4 is 29.6 Å². The van der Waals surface area contributed by atoms with Crippen LogP contribution in [0.25, 0.3) is 5.57 Å². The van der Waals surface area contributed by atoms with Crippen LogP contribution >= 0.6 is 0 Å². The van der Waals surface area contributed by atoms with Gasteiger partial charge in [0.25, 0.3) is 5.91 Å². The van der Waals surface area contributed by atoms with Crippen LogP contribution in [0.2, 0.25) is 0 Å². The number of allylic oxidation sites excluding steroid dienone is 1. The Hall–Kier alpha value is -2.57. The van der Waals surface area contributed by atoms with E-state index in [0.717, 1.165) is 0 Å². The summed E-state index contributed by atoms with van der Waals surface area (Å²) in [5, 5.41) is 2.80. The second kappa shape index (κ2) is 4.74. The lowest BCUT2D eigenvalue weighted by Gasteiger charge is -2.11. The van der Waals surface area contributed by atoms with Crippen molar-refractivity contribution in [3.05, 3.63) is 24.0 Å². The van der Waals surface area contributed by atoms with Gasteiger partial charge in [-0.05, 0) is 6.07 Å². The Balaban J connectivity index is 2.38. The number of amides is 2. The van der Waals surface area contributed by atoms with E-state index in [1.165, 1.54) is 12.3 Å². The van der Waals surface area contributed by atoms with Gasteiger partial charge in [-0.3, -0.25) is 9.59 Å². The van der Waals surface area contributed by atoms with Crippen molar-refractivity contribution in [1.29, 1.82) is 0 Å². The molecule has 0 aliphatic carbocycles. The molecule has 0 bridgehead atoms. The summed E-state index contributed by atoms with van der Waals surface area (Å²) in [5.41, 5.74) is 6.26. The van der Waals surface area contributed by atoms with Crippen LogP contribution in [0.15, 0.2) is 23.3 Å². The van der Waals surface area contributed by atoms with Crippen LogP contribution < -0.4 is 11.1 Å². The van der Waals surface area contributed by atoms with E-state index < -0.39 is 17.7 Å². The molecule has 2 amide bonds. The largest absolute Gasteiger partial charge is 0.369 e. The number of carbonyl (C=O) groups is 2. The summed E-state index contributed by atoms with van der Waals surface area (Å²) in [5.74, 6) is -1.88. The Kier molecular flexibility index (Phi) is 3.13. The van der Waals surface area contributed by atoms with Crippen molar-refractivity contribution in [2.45, 2.75) is 0 Å². The molecule has 1 aromatic heterocycles. The standard InChI is InChI=1S/C11H11N5O2/c1-13-11-14-3-2-8(16-11)6-4-7(9(12)17)10(18)15-5-6/h2-5,7H,1H3,(H2,12,17)(H,13,14,16). The van der Waals surface area contributed by atoms with Crippen molar-refractivity contribution in [2.75, 3.05) is 12.4 Å². The molecule has 1 aromatic rings. The number of hydrogen-bond acceptors (Lipinski definition) is 5. The highest BCUT2D eigenvalue weighted by molar-refractivity contribution is 6.19. The van der Waals surface area contributed by atoms with Gasteiger partial charge >= 0.3 is 0 Å². The number of anilines is 1. The molecule has 0 fully saturated rings. The van der Waals surface area contributed by atoms with Crippen LogP contribution in [-0.4, -0.2) is 35.0 Å². The maximum absolute atomic E-state index is 11.3. The summed E-state index contributed by atoms with van der Waals surface area (Å²) in [6, 6.07) is 1.66. The highest BCUT2D eigenvalue weighted by Gasteiger charge is 2.25. The molecule has 92 valence electrons. The predicted molar refractivity (Wildman–Crippen MR) is 65.7 cm³/mol. The predicted octanol–water partition coefficient (Wildman–Crippen LogP) is -0.386. The molecule has 1 aliphatic heterocycles. The molecule has 0 aromatic carbocycles. The molecule has 3 N–H and O–H groups in total. The molecule has 18 heavy (non-hydrogen) atoms. The van der Waals surface area contributed by atoms with Gasteiger partial charge in [-0.1, -0.05) is 6.08 Å². The maximum atomic E-state index is 11.3. The fourth-order valence-electron chi connectivity index (χ4n) is 1.50. The Labute approximate surface area is 103 Å². The SMILES string of the molecule is CNc1nccc(C2=CC(C(N)=O)C(=O)N=C2)n1. The number of hydrogen-bond donors (Lipinski definition) is 2. The van der Waals surface area contributed by atoms with Crippen molar-refractivity contribution in [3.8, 4) is 0 Å². The fraction of sp³-hybridized carbons (Fsp3) is 0.182. The number of nitrogens with two attached hydrogens (primary N) is 1. The lowest BCUT2D eigenvalue weighted by atomic mass is 10.00. The summed E-state index contributed by atoms with van der Waals surface area (Å²) in [4.78, 5) is 34.2. The van der Waals surface area contributed by atoms with Gasteiger partial charge in [0, 0.05) is 25.0 Å². The number of rotatable bonds is 3. The van der Waals surface area contributed by atoms with Crippen molar-refractivity contribution in [1.82, 2.24) is 9.97 Å². The van der Waals surface area contributed by atoms with Gasteiger partial charge in [0.1, 0.15) is 5.92 Å². The Morgan fingerprint density at radius 3 is 2.94 bits per heavy atom. The third-order valence-electron chi connectivity index (χ3n) is 2.42.